The van der Waals surface area contributed by atoms with Gasteiger partial charge in [-0.25, -0.2) is 15.0 Å². The van der Waals surface area contributed by atoms with Crippen LogP contribution in [-0.4, -0.2) is 38.1 Å². The Morgan fingerprint density at radius 1 is 1.21 bits per heavy atom. The molecule has 1 saturated heterocycles. The number of anilines is 1. The van der Waals surface area contributed by atoms with Crippen molar-refractivity contribution >= 4 is 16.7 Å². The molecule has 0 saturated carbocycles. The number of hydrogen-bond acceptors (Lipinski definition) is 5. The largest absolute Gasteiger partial charge is 0.385 e. The molecule has 1 aromatic carbocycles. The standard InChI is InChI=1S/C18H21N5O/c1-12-3-2-4-14-15(12)18(22-11-21-14)23-9-5-13(6-10-23)16(24)17-19-7-8-20-17/h2-4,7-8,11,13,16,24H,5-6,9-10H2,1H3,(H,19,20). The van der Waals surface area contributed by atoms with Gasteiger partial charge in [0, 0.05) is 30.9 Å². The molecule has 6 heteroatoms. The smallest absolute Gasteiger partial charge is 0.140 e. The molecule has 6 nitrogen and oxygen atoms in total. The number of nitrogens with one attached hydrogen (secondary N) is 1. The summed E-state index contributed by atoms with van der Waals surface area (Å²) in [5.41, 5.74) is 2.18. The van der Waals surface area contributed by atoms with Gasteiger partial charge in [0.15, 0.2) is 0 Å². The van der Waals surface area contributed by atoms with Gasteiger partial charge in [-0.3, -0.25) is 0 Å². The molecule has 3 aromatic rings. The summed E-state index contributed by atoms with van der Waals surface area (Å²) in [6.45, 7) is 3.86. The Morgan fingerprint density at radius 3 is 2.79 bits per heavy atom. The lowest BCUT2D eigenvalue weighted by Crippen LogP contribution is -2.36. The normalized spacial score (nSPS) is 17.3. The van der Waals surface area contributed by atoms with Crippen molar-refractivity contribution in [3.05, 3.63) is 48.3 Å². The molecular formula is C18H21N5O. The number of aliphatic hydroxyl groups is 1. The highest BCUT2D eigenvalue weighted by Crippen LogP contribution is 2.33. The molecule has 0 radical (unpaired) electrons. The summed E-state index contributed by atoms with van der Waals surface area (Å²) < 4.78 is 0. The molecule has 1 atom stereocenters. The van der Waals surface area contributed by atoms with Gasteiger partial charge >= 0.3 is 0 Å². The molecule has 0 bridgehead atoms. The van der Waals surface area contributed by atoms with E-state index in [1.807, 2.05) is 12.1 Å². The summed E-state index contributed by atoms with van der Waals surface area (Å²) in [5.74, 6) is 1.89. The fraction of sp³-hybridized carbons (Fsp3) is 0.389. The molecular weight excluding hydrogens is 302 g/mol. The Kier molecular flexibility index (Phi) is 3.90. The van der Waals surface area contributed by atoms with Crippen molar-refractivity contribution in [3.63, 3.8) is 0 Å². The van der Waals surface area contributed by atoms with Gasteiger partial charge in [-0.05, 0) is 37.3 Å². The lowest BCUT2D eigenvalue weighted by Gasteiger charge is -2.35. The molecule has 0 spiro atoms. The Morgan fingerprint density at radius 2 is 2.04 bits per heavy atom. The van der Waals surface area contributed by atoms with Crippen molar-refractivity contribution < 1.29 is 5.11 Å². The highest BCUT2D eigenvalue weighted by Gasteiger charge is 2.28. The number of nitrogens with zero attached hydrogens (tertiary/aromatic N) is 4. The minimum atomic E-state index is -0.522. The molecule has 1 aliphatic heterocycles. The lowest BCUT2D eigenvalue weighted by molar-refractivity contribution is 0.0856. The average Bonchev–Trinajstić information content (AvgIpc) is 3.16. The first kappa shape index (κ1) is 15.1. The fourth-order valence-corrected chi connectivity index (χ4v) is 3.59. The molecule has 0 aliphatic carbocycles. The lowest BCUT2D eigenvalue weighted by atomic mass is 9.90. The molecule has 2 aromatic heterocycles. The third-order valence-electron chi connectivity index (χ3n) is 4.94. The minimum Gasteiger partial charge on any atom is -0.385 e. The van der Waals surface area contributed by atoms with Gasteiger partial charge < -0.3 is 15.0 Å². The second-order valence-electron chi connectivity index (χ2n) is 6.41. The number of piperidine rings is 1. The number of imidazole rings is 1. The van der Waals surface area contributed by atoms with Crippen molar-refractivity contribution in [3.8, 4) is 0 Å². The van der Waals surface area contributed by atoms with E-state index in [0.717, 1.165) is 42.7 Å². The van der Waals surface area contributed by atoms with Gasteiger partial charge in [-0.2, -0.15) is 0 Å². The number of H-pyrrole nitrogens is 1. The van der Waals surface area contributed by atoms with Crippen LogP contribution >= 0.6 is 0 Å². The quantitative estimate of drug-likeness (QED) is 0.775. The van der Waals surface area contributed by atoms with Crippen LogP contribution in [0.2, 0.25) is 0 Å². The van der Waals surface area contributed by atoms with Crippen LogP contribution in [0.3, 0.4) is 0 Å². The Labute approximate surface area is 140 Å². The zero-order valence-corrected chi connectivity index (χ0v) is 13.7. The third kappa shape index (κ3) is 2.63. The molecule has 124 valence electrons. The van der Waals surface area contributed by atoms with Crippen LogP contribution in [0.5, 0.6) is 0 Å². The van der Waals surface area contributed by atoms with Crippen LogP contribution in [0.4, 0.5) is 5.82 Å². The number of rotatable bonds is 3. The SMILES string of the molecule is Cc1cccc2ncnc(N3CCC(C(O)c4ncc[nH]4)CC3)c12. The maximum absolute atomic E-state index is 10.5. The van der Waals surface area contributed by atoms with Gasteiger partial charge in [-0.15, -0.1) is 0 Å². The summed E-state index contributed by atoms with van der Waals surface area (Å²) in [7, 11) is 0. The molecule has 4 rings (SSSR count). The van der Waals surface area contributed by atoms with Crippen LogP contribution < -0.4 is 4.90 Å². The molecule has 0 amide bonds. The van der Waals surface area contributed by atoms with Gasteiger partial charge in [0.2, 0.25) is 0 Å². The zero-order valence-electron chi connectivity index (χ0n) is 13.7. The summed E-state index contributed by atoms with van der Waals surface area (Å²) in [4.78, 5) is 18.4. The maximum atomic E-state index is 10.5. The summed E-state index contributed by atoms with van der Waals surface area (Å²) >= 11 is 0. The highest BCUT2D eigenvalue weighted by molar-refractivity contribution is 5.92. The van der Waals surface area contributed by atoms with Gasteiger partial charge in [0.05, 0.1) is 5.52 Å². The topological polar surface area (TPSA) is 77.9 Å². The van der Waals surface area contributed by atoms with Gasteiger partial charge in [0.25, 0.3) is 0 Å². The average molecular weight is 323 g/mol. The molecule has 1 aliphatic rings. The number of aliphatic hydroxyl groups excluding tert-OH is 1. The molecule has 1 fully saturated rings. The first-order valence-electron chi connectivity index (χ1n) is 8.36. The molecule has 3 heterocycles. The second kappa shape index (κ2) is 6.20. The van der Waals surface area contributed by atoms with E-state index < -0.39 is 6.10 Å². The van der Waals surface area contributed by atoms with E-state index >= 15 is 0 Å². The van der Waals surface area contributed by atoms with Crippen LogP contribution in [0.1, 0.15) is 30.3 Å². The Balaban J connectivity index is 1.54. The summed E-state index contributed by atoms with van der Waals surface area (Å²) in [6.07, 6.45) is 6.39. The van der Waals surface area contributed by atoms with E-state index in [0.29, 0.717) is 5.82 Å². The Bertz CT molecular complexity index is 819. The van der Waals surface area contributed by atoms with E-state index in [2.05, 4.69) is 37.8 Å². The first-order valence-corrected chi connectivity index (χ1v) is 8.36. The number of hydrogen-bond donors (Lipinski definition) is 2. The van der Waals surface area contributed by atoms with Gasteiger partial charge in [0.1, 0.15) is 24.1 Å². The number of fused-ring (bicyclic) bond motifs is 1. The molecule has 2 N–H and O–H groups in total. The monoisotopic (exact) mass is 323 g/mol. The summed E-state index contributed by atoms with van der Waals surface area (Å²) in [6, 6.07) is 6.16. The maximum Gasteiger partial charge on any atom is 0.140 e. The Hall–Kier alpha value is -2.47. The van der Waals surface area contributed by atoms with E-state index in [1.54, 1.807) is 18.7 Å². The minimum absolute atomic E-state index is 0.224. The third-order valence-corrected chi connectivity index (χ3v) is 4.94. The predicted molar refractivity (Wildman–Crippen MR) is 92.8 cm³/mol. The van der Waals surface area contributed by atoms with E-state index in [1.165, 1.54) is 5.56 Å². The molecule has 24 heavy (non-hydrogen) atoms. The van der Waals surface area contributed by atoms with E-state index in [9.17, 15) is 5.11 Å². The summed E-state index contributed by atoms with van der Waals surface area (Å²) in [5, 5.41) is 11.6. The fourth-order valence-electron chi connectivity index (χ4n) is 3.59. The van der Waals surface area contributed by atoms with Crippen molar-refractivity contribution in [1.29, 1.82) is 0 Å². The zero-order chi connectivity index (χ0) is 16.5. The number of aromatic nitrogens is 4. The van der Waals surface area contributed by atoms with Crippen molar-refractivity contribution in [2.45, 2.75) is 25.9 Å². The molecule has 1 unspecified atom stereocenters. The van der Waals surface area contributed by atoms with Crippen molar-refractivity contribution in [2.24, 2.45) is 5.92 Å². The van der Waals surface area contributed by atoms with Crippen LogP contribution in [0, 0.1) is 12.8 Å². The van der Waals surface area contributed by atoms with Crippen molar-refractivity contribution in [2.75, 3.05) is 18.0 Å². The van der Waals surface area contributed by atoms with Crippen molar-refractivity contribution in [1.82, 2.24) is 19.9 Å². The van der Waals surface area contributed by atoms with E-state index in [4.69, 9.17) is 0 Å². The van der Waals surface area contributed by atoms with E-state index in [-0.39, 0.29) is 5.92 Å². The number of benzene rings is 1. The van der Waals surface area contributed by atoms with Crippen LogP contribution in [-0.2, 0) is 0 Å². The first-order chi connectivity index (χ1) is 11.7. The van der Waals surface area contributed by atoms with Gasteiger partial charge in [-0.1, -0.05) is 12.1 Å². The highest BCUT2D eigenvalue weighted by atomic mass is 16.3. The number of aryl methyl sites for hydroxylation is 1. The van der Waals surface area contributed by atoms with Crippen LogP contribution in [0.15, 0.2) is 36.9 Å². The van der Waals surface area contributed by atoms with Crippen LogP contribution in [0.25, 0.3) is 10.9 Å². The second-order valence-corrected chi connectivity index (χ2v) is 6.41. The predicted octanol–water partition coefficient (Wildman–Crippen LogP) is 2.61. The number of aromatic amines is 1.